The molecule has 5 fully saturated rings. The first-order chi connectivity index (χ1) is 14.0. The van der Waals surface area contributed by atoms with E-state index in [-0.39, 0.29) is 0 Å². The maximum Gasteiger partial charge on any atom is 0.0544 e. The molecule has 5 aliphatic rings. The third-order valence-corrected chi connectivity index (χ3v) is 17.0. The molecule has 166 valence electrons. The minimum absolute atomic E-state index is 1.01. The van der Waals surface area contributed by atoms with Crippen LogP contribution in [0.5, 0.6) is 0 Å². The minimum Gasteiger partial charge on any atom is -0.0689 e. The van der Waals surface area contributed by atoms with E-state index in [0.717, 1.165) is 52.9 Å². The molecule has 0 heterocycles. The zero-order valence-electron chi connectivity index (χ0n) is 20.2. The first-order valence-corrected chi connectivity index (χ1v) is 17.1. The molecule has 0 aliphatic heterocycles. The van der Waals surface area contributed by atoms with Crippen molar-refractivity contribution in [3.63, 3.8) is 0 Å². The van der Waals surface area contributed by atoms with Crippen LogP contribution in [-0.4, -0.2) is 8.07 Å². The minimum atomic E-state index is -1.24. The summed E-state index contributed by atoms with van der Waals surface area (Å²) >= 11 is 0. The fraction of sp³-hybridized carbons (Fsp3) is 1.00. The molecular formula is C28H50Si. The molecular weight excluding hydrogens is 364 g/mol. The average molecular weight is 415 g/mol. The monoisotopic (exact) mass is 414 g/mol. The van der Waals surface area contributed by atoms with Crippen molar-refractivity contribution in [2.24, 2.45) is 47.3 Å². The number of fused-ring (bicyclic) bond motifs is 2. The van der Waals surface area contributed by atoms with Gasteiger partial charge >= 0.3 is 0 Å². The summed E-state index contributed by atoms with van der Waals surface area (Å²) < 4.78 is 0. The Morgan fingerprint density at radius 2 is 1.28 bits per heavy atom. The van der Waals surface area contributed by atoms with Crippen LogP contribution in [0.4, 0.5) is 0 Å². The summed E-state index contributed by atoms with van der Waals surface area (Å²) in [5, 5.41) is 0. The molecule has 5 saturated carbocycles. The van der Waals surface area contributed by atoms with Gasteiger partial charge in [-0.25, -0.2) is 0 Å². The number of hydrogen-bond donors (Lipinski definition) is 0. The topological polar surface area (TPSA) is 0 Å². The van der Waals surface area contributed by atoms with Crippen molar-refractivity contribution >= 4 is 8.07 Å². The molecule has 0 spiro atoms. The van der Waals surface area contributed by atoms with Gasteiger partial charge in [-0.1, -0.05) is 104 Å². The van der Waals surface area contributed by atoms with Gasteiger partial charge in [-0.3, -0.25) is 0 Å². The van der Waals surface area contributed by atoms with E-state index in [1.54, 1.807) is 83.5 Å². The summed E-state index contributed by atoms with van der Waals surface area (Å²) in [6, 6.07) is 0. The molecule has 0 aromatic carbocycles. The van der Waals surface area contributed by atoms with Gasteiger partial charge in [0.25, 0.3) is 0 Å². The Labute approximate surface area is 183 Å². The zero-order valence-corrected chi connectivity index (χ0v) is 21.2. The van der Waals surface area contributed by atoms with Gasteiger partial charge in [0.15, 0.2) is 0 Å². The van der Waals surface area contributed by atoms with Gasteiger partial charge in [-0.15, -0.1) is 0 Å². The van der Waals surface area contributed by atoms with E-state index in [2.05, 4.69) is 26.9 Å². The number of hydrogen-bond acceptors (Lipinski definition) is 0. The Balaban J connectivity index is 1.43. The van der Waals surface area contributed by atoms with E-state index in [0.29, 0.717) is 0 Å². The second-order valence-corrected chi connectivity index (χ2v) is 18.4. The zero-order chi connectivity index (χ0) is 20.2. The Kier molecular flexibility index (Phi) is 6.03. The second kappa shape index (κ2) is 8.29. The lowest BCUT2D eigenvalue weighted by atomic mass is 9.67. The summed E-state index contributed by atoms with van der Waals surface area (Å²) in [5.41, 5.74) is 2.32. The Morgan fingerprint density at radius 1 is 0.586 bits per heavy atom. The molecule has 9 unspecified atom stereocenters. The maximum absolute atomic E-state index is 2.91. The Bertz CT molecular complexity index is 561. The van der Waals surface area contributed by atoms with Crippen LogP contribution in [-0.2, 0) is 0 Å². The third kappa shape index (κ3) is 3.62. The first-order valence-electron chi connectivity index (χ1n) is 14.0. The molecule has 29 heavy (non-hydrogen) atoms. The molecule has 0 aromatic rings. The van der Waals surface area contributed by atoms with Gasteiger partial charge in [0.2, 0.25) is 0 Å². The van der Waals surface area contributed by atoms with Crippen molar-refractivity contribution in [2.45, 2.75) is 128 Å². The molecule has 1 heteroatoms. The van der Waals surface area contributed by atoms with E-state index in [4.69, 9.17) is 0 Å². The largest absolute Gasteiger partial charge is 0.0689 e. The normalized spacial score (nSPS) is 49.0. The van der Waals surface area contributed by atoms with E-state index in [1.165, 1.54) is 12.0 Å². The van der Waals surface area contributed by atoms with E-state index in [1.807, 2.05) is 0 Å². The summed E-state index contributed by atoms with van der Waals surface area (Å²) in [6.45, 7) is 11.2. The van der Waals surface area contributed by atoms with E-state index >= 15 is 0 Å². The van der Waals surface area contributed by atoms with Crippen LogP contribution in [0.1, 0.15) is 104 Å². The van der Waals surface area contributed by atoms with Crippen LogP contribution in [0.25, 0.3) is 0 Å². The fourth-order valence-corrected chi connectivity index (χ4v) is 16.8. The predicted molar refractivity (Wildman–Crippen MR) is 129 cm³/mol. The average Bonchev–Trinajstić information content (AvgIpc) is 3.27. The SMILES string of the molecule is CC1CCC2C(C1)C(C1CCCCC1)C(C)C2[Si](C)(C)C1CCC2CCCCC21. The number of rotatable bonds is 3. The highest BCUT2D eigenvalue weighted by Gasteiger charge is 2.59. The molecule has 9 atom stereocenters. The van der Waals surface area contributed by atoms with E-state index in [9.17, 15) is 0 Å². The van der Waals surface area contributed by atoms with Crippen molar-refractivity contribution in [1.82, 2.24) is 0 Å². The second-order valence-electron chi connectivity index (χ2n) is 13.3. The van der Waals surface area contributed by atoms with E-state index < -0.39 is 8.07 Å². The van der Waals surface area contributed by atoms with Gasteiger partial charge < -0.3 is 0 Å². The smallest absolute Gasteiger partial charge is 0.0544 e. The van der Waals surface area contributed by atoms with Crippen LogP contribution in [0, 0.1) is 47.3 Å². The molecule has 0 nitrogen and oxygen atoms in total. The maximum atomic E-state index is 2.91. The lowest BCUT2D eigenvalue weighted by Crippen LogP contribution is -2.45. The van der Waals surface area contributed by atoms with Gasteiger partial charge in [0.1, 0.15) is 0 Å². The summed E-state index contributed by atoms with van der Waals surface area (Å²) in [5.74, 6) is 8.76. The molecule has 0 N–H and O–H groups in total. The van der Waals surface area contributed by atoms with Crippen molar-refractivity contribution in [2.75, 3.05) is 0 Å². The quantitative estimate of drug-likeness (QED) is 0.404. The van der Waals surface area contributed by atoms with Crippen LogP contribution in [0.3, 0.4) is 0 Å². The van der Waals surface area contributed by atoms with Crippen LogP contribution in [0.15, 0.2) is 0 Å². The Hall–Kier alpha value is 0.217. The first kappa shape index (κ1) is 21.1. The standard InChI is InChI=1S/C28H50Si/c1-19-14-16-24-25(18-19)27(22-11-6-5-7-12-22)20(2)28(24)29(3,4)26-17-15-21-10-8-9-13-23(21)26/h19-28H,5-18H2,1-4H3. The van der Waals surface area contributed by atoms with Crippen molar-refractivity contribution in [3.8, 4) is 0 Å². The Morgan fingerprint density at radius 3 is 2.07 bits per heavy atom. The molecule has 5 aliphatic carbocycles. The van der Waals surface area contributed by atoms with Gasteiger partial charge in [-0.05, 0) is 71.3 Å². The van der Waals surface area contributed by atoms with Crippen LogP contribution < -0.4 is 0 Å². The molecule has 0 aromatic heterocycles. The van der Waals surface area contributed by atoms with Crippen LogP contribution in [0.2, 0.25) is 24.2 Å². The van der Waals surface area contributed by atoms with Crippen molar-refractivity contribution in [3.05, 3.63) is 0 Å². The summed E-state index contributed by atoms with van der Waals surface area (Å²) in [7, 11) is -1.24. The predicted octanol–water partition coefficient (Wildman–Crippen LogP) is 8.93. The summed E-state index contributed by atoms with van der Waals surface area (Å²) in [4.78, 5) is 0. The van der Waals surface area contributed by atoms with Gasteiger partial charge in [-0.2, -0.15) is 0 Å². The molecule has 0 radical (unpaired) electrons. The third-order valence-electron chi connectivity index (χ3n) is 11.7. The van der Waals surface area contributed by atoms with Crippen molar-refractivity contribution in [1.29, 1.82) is 0 Å². The molecule has 5 rings (SSSR count). The lowest BCUT2D eigenvalue weighted by molar-refractivity contribution is 0.111. The van der Waals surface area contributed by atoms with Crippen LogP contribution >= 0.6 is 0 Å². The summed E-state index contributed by atoms with van der Waals surface area (Å²) in [6.07, 6.45) is 22.0. The highest BCUT2D eigenvalue weighted by atomic mass is 28.3. The molecule has 0 bridgehead atoms. The fourth-order valence-electron chi connectivity index (χ4n) is 10.8. The molecule has 0 saturated heterocycles. The van der Waals surface area contributed by atoms with Gasteiger partial charge in [0.05, 0.1) is 8.07 Å². The molecule has 0 amide bonds. The lowest BCUT2D eigenvalue weighted by Gasteiger charge is -2.46. The van der Waals surface area contributed by atoms with Gasteiger partial charge in [0, 0.05) is 0 Å². The highest BCUT2D eigenvalue weighted by Crippen LogP contribution is 2.66. The highest BCUT2D eigenvalue weighted by molar-refractivity contribution is 6.80. The van der Waals surface area contributed by atoms with Crippen molar-refractivity contribution < 1.29 is 0 Å².